The molecule has 0 bridgehead atoms. The fourth-order valence-electron chi connectivity index (χ4n) is 1.63. The van der Waals surface area contributed by atoms with Crippen LogP contribution in [0.2, 0.25) is 0 Å². The van der Waals surface area contributed by atoms with Gasteiger partial charge in [-0.3, -0.25) is 0 Å². The number of rotatable bonds is 7. The standard InChI is InChI=1S/C13H16N4O3/c1-17-9-15-16-12(17)8-14-5-6-20-11-4-2-3-10(7-11)13(18)19/h2-4,7,9,14H,5-6,8H2,1H3,(H,18,19). The number of carbonyl (C=O) groups is 1. The van der Waals surface area contributed by atoms with Crippen molar-refractivity contribution in [1.82, 2.24) is 20.1 Å². The van der Waals surface area contributed by atoms with Gasteiger partial charge in [0.25, 0.3) is 0 Å². The van der Waals surface area contributed by atoms with E-state index in [0.29, 0.717) is 25.4 Å². The number of aryl methyl sites for hydroxylation is 1. The third-order valence-corrected chi connectivity index (χ3v) is 2.72. The first-order chi connectivity index (χ1) is 9.66. The normalized spacial score (nSPS) is 10.4. The van der Waals surface area contributed by atoms with Gasteiger partial charge in [-0.2, -0.15) is 0 Å². The smallest absolute Gasteiger partial charge is 0.335 e. The Labute approximate surface area is 116 Å². The van der Waals surface area contributed by atoms with Crippen LogP contribution in [-0.2, 0) is 13.6 Å². The molecule has 0 aliphatic carbocycles. The van der Waals surface area contributed by atoms with Crippen LogP contribution in [0.4, 0.5) is 0 Å². The number of aromatic nitrogens is 3. The van der Waals surface area contributed by atoms with E-state index in [2.05, 4.69) is 15.5 Å². The summed E-state index contributed by atoms with van der Waals surface area (Å²) in [5.41, 5.74) is 0.217. The maximum Gasteiger partial charge on any atom is 0.335 e. The summed E-state index contributed by atoms with van der Waals surface area (Å²) in [5, 5.41) is 19.8. The first-order valence-corrected chi connectivity index (χ1v) is 6.16. The van der Waals surface area contributed by atoms with Gasteiger partial charge >= 0.3 is 5.97 Å². The lowest BCUT2D eigenvalue weighted by molar-refractivity contribution is 0.0696. The van der Waals surface area contributed by atoms with Crippen molar-refractivity contribution in [2.75, 3.05) is 13.2 Å². The number of carboxylic acids is 1. The number of nitrogens with zero attached hydrogens (tertiary/aromatic N) is 3. The molecule has 0 aliphatic rings. The molecule has 2 rings (SSSR count). The molecule has 1 aromatic heterocycles. The minimum Gasteiger partial charge on any atom is -0.492 e. The molecule has 1 heterocycles. The van der Waals surface area contributed by atoms with Gasteiger partial charge < -0.3 is 19.7 Å². The Balaban J connectivity index is 1.72. The average molecular weight is 276 g/mol. The van der Waals surface area contributed by atoms with Gasteiger partial charge in [0.05, 0.1) is 12.1 Å². The first kappa shape index (κ1) is 14.0. The highest BCUT2D eigenvalue weighted by Gasteiger charge is 2.03. The van der Waals surface area contributed by atoms with E-state index >= 15 is 0 Å². The van der Waals surface area contributed by atoms with Crippen molar-refractivity contribution >= 4 is 5.97 Å². The maximum atomic E-state index is 10.8. The van der Waals surface area contributed by atoms with Crippen molar-refractivity contribution in [3.05, 3.63) is 42.0 Å². The molecule has 106 valence electrons. The van der Waals surface area contributed by atoms with E-state index in [9.17, 15) is 4.79 Å². The summed E-state index contributed by atoms with van der Waals surface area (Å²) in [6, 6.07) is 6.42. The Morgan fingerprint density at radius 2 is 2.35 bits per heavy atom. The van der Waals surface area contributed by atoms with Crippen molar-refractivity contribution in [1.29, 1.82) is 0 Å². The summed E-state index contributed by atoms with van der Waals surface area (Å²) in [6.45, 7) is 1.68. The zero-order valence-electron chi connectivity index (χ0n) is 11.1. The SMILES string of the molecule is Cn1cnnc1CNCCOc1cccc(C(=O)O)c1. The Bertz CT molecular complexity index is 583. The number of nitrogens with one attached hydrogen (secondary N) is 1. The molecule has 0 amide bonds. The molecule has 2 N–H and O–H groups in total. The summed E-state index contributed by atoms with van der Waals surface area (Å²) in [5.74, 6) is 0.430. The second-order valence-electron chi connectivity index (χ2n) is 4.22. The van der Waals surface area contributed by atoms with E-state index < -0.39 is 5.97 Å². The fraction of sp³-hybridized carbons (Fsp3) is 0.308. The molecule has 0 saturated carbocycles. The number of hydrogen-bond acceptors (Lipinski definition) is 5. The third-order valence-electron chi connectivity index (χ3n) is 2.72. The second-order valence-corrected chi connectivity index (χ2v) is 4.22. The Hall–Kier alpha value is -2.41. The predicted octanol–water partition coefficient (Wildman–Crippen LogP) is 0.682. The van der Waals surface area contributed by atoms with Crippen LogP contribution in [0.5, 0.6) is 5.75 Å². The molecule has 0 unspecified atom stereocenters. The predicted molar refractivity (Wildman–Crippen MR) is 71.6 cm³/mol. The number of hydrogen-bond donors (Lipinski definition) is 2. The van der Waals surface area contributed by atoms with Gasteiger partial charge in [0.2, 0.25) is 0 Å². The van der Waals surface area contributed by atoms with Crippen molar-refractivity contribution in [2.24, 2.45) is 7.05 Å². The first-order valence-electron chi connectivity index (χ1n) is 6.16. The molecule has 0 atom stereocenters. The van der Waals surface area contributed by atoms with Crippen LogP contribution in [0.3, 0.4) is 0 Å². The van der Waals surface area contributed by atoms with E-state index in [0.717, 1.165) is 5.82 Å². The van der Waals surface area contributed by atoms with Crippen LogP contribution in [0, 0.1) is 0 Å². The van der Waals surface area contributed by atoms with Crippen molar-refractivity contribution in [3.8, 4) is 5.75 Å². The summed E-state index contributed by atoms with van der Waals surface area (Å²) < 4.78 is 7.32. The lowest BCUT2D eigenvalue weighted by Crippen LogP contribution is -2.22. The molecule has 0 aliphatic heterocycles. The Morgan fingerprint density at radius 1 is 1.50 bits per heavy atom. The molecule has 7 heteroatoms. The van der Waals surface area contributed by atoms with Gasteiger partial charge in [-0.05, 0) is 18.2 Å². The van der Waals surface area contributed by atoms with Crippen LogP contribution in [0.25, 0.3) is 0 Å². The van der Waals surface area contributed by atoms with Gasteiger partial charge in [-0.25, -0.2) is 4.79 Å². The molecule has 0 saturated heterocycles. The van der Waals surface area contributed by atoms with E-state index in [1.54, 1.807) is 18.5 Å². The lowest BCUT2D eigenvalue weighted by Gasteiger charge is -2.07. The highest BCUT2D eigenvalue weighted by molar-refractivity contribution is 5.87. The van der Waals surface area contributed by atoms with Crippen LogP contribution in [0.1, 0.15) is 16.2 Å². The van der Waals surface area contributed by atoms with E-state index in [-0.39, 0.29) is 5.56 Å². The van der Waals surface area contributed by atoms with Crippen LogP contribution in [-0.4, -0.2) is 39.0 Å². The quantitative estimate of drug-likeness (QED) is 0.723. The van der Waals surface area contributed by atoms with Crippen molar-refractivity contribution < 1.29 is 14.6 Å². The number of carboxylic acid groups (broad SMARTS) is 1. The van der Waals surface area contributed by atoms with Crippen molar-refractivity contribution in [2.45, 2.75) is 6.54 Å². The Kier molecular flexibility index (Phi) is 4.67. The largest absolute Gasteiger partial charge is 0.492 e. The number of benzene rings is 1. The highest BCUT2D eigenvalue weighted by Crippen LogP contribution is 2.12. The molecular weight excluding hydrogens is 260 g/mol. The topological polar surface area (TPSA) is 89.3 Å². The molecule has 2 aromatic rings. The molecule has 0 spiro atoms. The van der Waals surface area contributed by atoms with Gasteiger partial charge in [0.15, 0.2) is 0 Å². The zero-order chi connectivity index (χ0) is 14.4. The van der Waals surface area contributed by atoms with E-state index in [1.807, 2.05) is 11.6 Å². The van der Waals surface area contributed by atoms with E-state index in [1.165, 1.54) is 12.1 Å². The second kappa shape index (κ2) is 6.67. The maximum absolute atomic E-state index is 10.8. The van der Waals surface area contributed by atoms with Gasteiger partial charge in [-0.15, -0.1) is 10.2 Å². The Morgan fingerprint density at radius 3 is 3.05 bits per heavy atom. The molecular formula is C13H16N4O3. The van der Waals surface area contributed by atoms with Crippen LogP contribution < -0.4 is 10.1 Å². The molecule has 0 radical (unpaired) electrons. The van der Waals surface area contributed by atoms with Gasteiger partial charge in [-0.1, -0.05) is 6.07 Å². The fourth-order valence-corrected chi connectivity index (χ4v) is 1.63. The van der Waals surface area contributed by atoms with Gasteiger partial charge in [0.1, 0.15) is 24.5 Å². The van der Waals surface area contributed by atoms with Crippen LogP contribution in [0.15, 0.2) is 30.6 Å². The zero-order valence-corrected chi connectivity index (χ0v) is 11.1. The summed E-state index contributed by atoms with van der Waals surface area (Å²) in [6.07, 6.45) is 1.64. The molecule has 20 heavy (non-hydrogen) atoms. The minimum atomic E-state index is -0.962. The third kappa shape index (κ3) is 3.79. The highest BCUT2D eigenvalue weighted by atomic mass is 16.5. The summed E-state index contributed by atoms with van der Waals surface area (Å²) in [7, 11) is 1.88. The molecule has 0 fully saturated rings. The van der Waals surface area contributed by atoms with Crippen LogP contribution >= 0.6 is 0 Å². The van der Waals surface area contributed by atoms with E-state index in [4.69, 9.17) is 9.84 Å². The summed E-state index contributed by atoms with van der Waals surface area (Å²) in [4.78, 5) is 10.8. The minimum absolute atomic E-state index is 0.217. The van der Waals surface area contributed by atoms with Crippen molar-refractivity contribution in [3.63, 3.8) is 0 Å². The lowest BCUT2D eigenvalue weighted by atomic mass is 10.2. The number of ether oxygens (including phenoxy) is 1. The summed E-state index contributed by atoms with van der Waals surface area (Å²) >= 11 is 0. The molecule has 1 aromatic carbocycles. The molecule has 7 nitrogen and oxygen atoms in total. The monoisotopic (exact) mass is 276 g/mol. The van der Waals surface area contributed by atoms with Gasteiger partial charge in [0, 0.05) is 13.6 Å². The average Bonchev–Trinajstić information content (AvgIpc) is 2.84. The number of aromatic carboxylic acids is 1.